The molecule has 0 amide bonds. The van der Waals surface area contributed by atoms with E-state index in [1.54, 1.807) is 22.3 Å². The first-order valence-electron chi connectivity index (χ1n) is 42.5. The lowest BCUT2D eigenvalue weighted by atomic mass is 9.58. The fourth-order valence-electron chi connectivity index (χ4n) is 20.0. The van der Waals surface area contributed by atoms with E-state index in [1.165, 1.54) is 198 Å². The van der Waals surface area contributed by atoms with Gasteiger partial charge in [-0.2, -0.15) is 0 Å². The number of hydrogen-bond acceptors (Lipinski definition) is 0. The summed E-state index contributed by atoms with van der Waals surface area (Å²) in [6.07, 6.45) is 30.4. The minimum atomic E-state index is -0.324. The molecule has 0 nitrogen and oxygen atoms in total. The minimum absolute atomic E-state index is 0. The van der Waals surface area contributed by atoms with Gasteiger partial charge in [0.05, 0.1) is 10.8 Å². The Labute approximate surface area is 677 Å². The van der Waals surface area contributed by atoms with Crippen molar-refractivity contribution in [3.63, 3.8) is 0 Å². The molecule has 0 bridgehead atoms. The fourth-order valence-corrected chi connectivity index (χ4v) is 20.0. The van der Waals surface area contributed by atoms with Gasteiger partial charge in [0.25, 0.3) is 0 Å². The lowest BCUT2D eigenvalue weighted by Gasteiger charge is -2.44. The van der Waals surface area contributed by atoms with Gasteiger partial charge in [0.15, 0.2) is 0 Å². The molecule has 10 aromatic carbocycles. The summed E-state index contributed by atoms with van der Waals surface area (Å²) in [6.45, 7) is 39.5. The Kier molecular flexibility index (Phi) is 23.8. The van der Waals surface area contributed by atoms with Gasteiger partial charge in [-0.1, -0.05) is 447 Å². The predicted octanol–water partition coefficient (Wildman–Crippen LogP) is 31.6. The second kappa shape index (κ2) is 33.0. The smallest absolute Gasteiger partial charge is 0.0526 e. The van der Waals surface area contributed by atoms with E-state index in [4.69, 9.17) is 0 Å². The third-order valence-corrected chi connectivity index (χ3v) is 26.1. The molecular weight excluding hydrogens is 1350 g/mol. The zero-order chi connectivity index (χ0) is 78.2. The van der Waals surface area contributed by atoms with Crippen LogP contribution in [-0.4, -0.2) is 0 Å². The number of unbranched alkanes of at least 4 members (excludes halogenated alkanes) is 4. The molecule has 0 aliphatic heterocycles. The molecule has 0 radical (unpaired) electrons. The topological polar surface area (TPSA) is 0 Å². The van der Waals surface area contributed by atoms with Crippen molar-refractivity contribution in [1.82, 2.24) is 0 Å². The quantitative estimate of drug-likeness (QED) is 0.0667. The van der Waals surface area contributed by atoms with Gasteiger partial charge in [-0.05, 0) is 206 Å². The zero-order valence-electron chi connectivity index (χ0n) is 70.3. The van der Waals surface area contributed by atoms with Gasteiger partial charge in [-0.15, -0.1) is 0 Å². The highest BCUT2D eigenvalue weighted by atomic mass is 14.6. The van der Waals surface area contributed by atoms with Crippen LogP contribution in [0.3, 0.4) is 0 Å². The molecule has 0 aromatic heterocycles. The first kappa shape index (κ1) is 80.7. The van der Waals surface area contributed by atoms with Crippen molar-refractivity contribution in [2.75, 3.05) is 0 Å². The van der Waals surface area contributed by atoms with Crippen LogP contribution < -0.4 is 0 Å². The van der Waals surface area contributed by atoms with Gasteiger partial charge in [0, 0.05) is 17.8 Å². The number of hydrogen-bond donors (Lipinski definition) is 0. The van der Waals surface area contributed by atoms with Crippen LogP contribution >= 0.6 is 0 Å². The van der Waals surface area contributed by atoms with E-state index in [-0.39, 0.29) is 51.8 Å². The van der Waals surface area contributed by atoms with Crippen LogP contribution in [0, 0.1) is 26.2 Å². The normalized spacial score (nSPS) is 16.7. The molecule has 576 valence electrons. The standard InChI is InChI=1S/C41H44.C40H42.C30H38.CH4/c1-6-7-10-15-30-21-22-34(27-30)41(31-16-11-8-12-17-31,32-18-13-9-14-19-32)39-37-26-29(2)20-24-35(37)36-25-23-33(28-38(36)39)40(3,4)5;1-6-7-14-29-20-21-33(26-29)40(30-15-10-8-11-16-30,31-17-12-9-13-18-31)38-36-25-28(2)19-23-34(36)35-24-22-32(27-37(35)38)39(3,4)5;1-8-9-10-21-12-13-23(18-21)30(6,7)28-26-17-20(2)11-15-24(26)25-16-14-22(19-27(25)28)29(3,4)5;/h8-9,11-14,16-26,28,39H,6-7,10,15,27H2,1-5H3;8-13,15-25,27,38H,6-7,14,26H2,1-5H3;11-17,19,28H,8-10,18H2,1-7H3;1H4. The van der Waals surface area contributed by atoms with Crippen LogP contribution in [0.4, 0.5) is 0 Å². The summed E-state index contributed by atoms with van der Waals surface area (Å²) < 4.78 is 0. The number of aryl methyl sites for hydroxylation is 3. The van der Waals surface area contributed by atoms with Crippen molar-refractivity contribution in [2.45, 2.75) is 253 Å². The molecule has 0 fully saturated rings. The number of allylic oxidation sites excluding steroid dienone is 12. The minimum Gasteiger partial charge on any atom is -0.0776 e. The molecule has 6 aliphatic carbocycles. The van der Waals surface area contributed by atoms with Crippen LogP contribution in [0.5, 0.6) is 0 Å². The summed E-state index contributed by atoms with van der Waals surface area (Å²) in [6, 6.07) is 88.7. The van der Waals surface area contributed by atoms with E-state index >= 15 is 0 Å². The summed E-state index contributed by atoms with van der Waals surface area (Å²) in [5.74, 6) is 0.763. The van der Waals surface area contributed by atoms with Gasteiger partial charge in [-0.25, -0.2) is 0 Å². The molecule has 112 heavy (non-hydrogen) atoms. The molecule has 10 aromatic rings. The molecule has 0 heteroatoms. The highest BCUT2D eigenvalue weighted by molar-refractivity contribution is 5.85. The number of fused-ring (bicyclic) bond motifs is 9. The Bertz CT molecular complexity index is 5140. The average Bonchev–Trinajstić information content (AvgIpc) is 1.51. The third kappa shape index (κ3) is 15.4. The van der Waals surface area contributed by atoms with E-state index in [0.29, 0.717) is 5.92 Å². The molecule has 3 atom stereocenters. The fraction of sp³-hybridized carbons (Fsp3) is 0.357. The van der Waals surface area contributed by atoms with Crippen LogP contribution in [0.25, 0.3) is 33.4 Å². The van der Waals surface area contributed by atoms with Gasteiger partial charge in [-0.3, -0.25) is 0 Å². The van der Waals surface area contributed by atoms with Crippen LogP contribution in [-0.2, 0) is 27.1 Å². The van der Waals surface area contributed by atoms with Crippen molar-refractivity contribution in [3.8, 4) is 33.4 Å². The third-order valence-electron chi connectivity index (χ3n) is 26.1. The van der Waals surface area contributed by atoms with E-state index in [2.05, 4.69) is 385 Å². The summed E-state index contributed by atoms with van der Waals surface area (Å²) in [7, 11) is 0. The predicted molar refractivity (Wildman–Crippen MR) is 485 cm³/mol. The van der Waals surface area contributed by atoms with Gasteiger partial charge >= 0.3 is 0 Å². The van der Waals surface area contributed by atoms with Crippen molar-refractivity contribution in [2.24, 2.45) is 5.41 Å². The van der Waals surface area contributed by atoms with E-state index in [1.807, 2.05) is 0 Å². The highest BCUT2D eigenvalue weighted by Crippen LogP contribution is 2.64. The zero-order valence-corrected chi connectivity index (χ0v) is 70.3. The maximum atomic E-state index is 2.54. The Hall–Kier alpha value is -9.36. The second-order valence-corrected chi connectivity index (χ2v) is 37.3. The molecule has 0 saturated heterocycles. The number of benzene rings is 10. The van der Waals surface area contributed by atoms with Crippen molar-refractivity contribution < 1.29 is 0 Å². The van der Waals surface area contributed by atoms with Crippen molar-refractivity contribution >= 4 is 0 Å². The Morgan fingerprint density at radius 1 is 0.259 bits per heavy atom. The first-order chi connectivity index (χ1) is 53.3. The average molecular weight is 1470 g/mol. The molecule has 3 unspecified atom stereocenters. The second-order valence-electron chi connectivity index (χ2n) is 37.3. The summed E-state index contributed by atoms with van der Waals surface area (Å²) in [4.78, 5) is 0. The maximum absolute atomic E-state index is 2.54. The maximum Gasteiger partial charge on any atom is 0.0526 e. The monoisotopic (exact) mass is 1470 g/mol. The Balaban J connectivity index is 0.000000148. The molecule has 16 rings (SSSR count). The Morgan fingerprint density at radius 2 is 0.518 bits per heavy atom. The molecule has 0 N–H and O–H groups in total. The van der Waals surface area contributed by atoms with Crippen molar-refractivity contribution in [3.05, 3.63) is 389 Å². The summed E-state index contributed by atoms with van der Waals surface area (Å²) in [5.41, 5.74) is 40.3. The molecular formula is C112H128. The molecule has 0 saturated carbocycles. The van der Waals surface area contributed by atoms with Gasteiger partial charge in [0.2, 0.25) is 0 Å². The Morgan fingerprint density at radius 3 is 0.821 bits per heavy atom. The first-order valence-corrected chi connectivity index (χ1v) is 42.5. The van der Waals surface area contributed by atoms with Gasteiger partial charge < -0.3 is 0 Å². The molecule has 0 spiro atoms. The van der Waals surface area contributed by atoms with Crippen molar-refractivity contribution in [1.29, 1.82) is 0 Å². The number of rotatable bonds is 20. The van der Waals surface area contributed by atoms with Crippen LogP contribution in [0.15, 0.2) is 300 Å². The summed E-state index contributed by atoms with van der Waals surface area (Å²) >= 11 is 0. The SMILES string of the molecule is C.CCCCC1=CC=C(C(C)(C)C2c3cc(C)ccc3-c3ccc(C(C)(C)C)cc32)C1.CCCCC1=CC=C(C(c2ccccc2)(c2ccccc2)C2c3cc(C)ccc3-c3ccc(C(C)(C)C)cc32)C1.CCCCCC1=CC=C(C(c2ccccc2)(c2ccccc2)C2c3cc(C)ccc3-c3ccc(C(C)(C)C)cc32)C1. The lowest BCUT2D eigenvalue weighted by Crippen LogP contribution is -2.37. The molecule has 0 heterocycles. The van der Waals surface area contributed by atoms with Crippen LogP contribution in [0.1, 0.15) is 295 Å². The summed E-state index contributed by atoms with van der Waals surface area (Å²) in [5, 5.41) is 0. The largest absolute Gasteiger partial charge is 0.0776 e. The lowest BCUT2D eigenvalue weighted by molar-refractivity contribution is 0.386. The van der Waals surface area contributed by atoms with Gasteiger partial charge in [0.1, 0.15) is 0 Å². The van der Waals surface area contributed by atoms with Crippen LogP contribution in [0.2, 0.25) is 0 Å². The van der Waals surface area contributed by atoms with E-state index < -0.39 is 0 Å². The highest BCUT2D eigenvalue weighted by Gasteiger charge is 2.53. The molecule has 6 aliphatic rings. The van der Waals surface area contributed by atoms with E-state index in [0.717, 1.165) is 19.3 Å². The van der Waals surface area contributed by atoms with E-state index in [9.17, 15) is 0 Å².